The number of nitro groups is 1. The molecule has 0 amide bonds. The maximum Gasteiger partial charge on any atom is 0.273 e. The largest absolute Gasteiger partial charge is 0.487 e. The van der Waals surface area contributed by atoms with E-state index in [1.165, 1.54) is 23.5 Å². The third-order valence-electron chi connectivity index (χ3n) is 2.38. The molecule has 8 heteroatoms. The molecule has 106 valence electrons. The average Bonchev–Trinajstić information content (AvgIpc) is 2.86. The molecule has 1 N–H and O–H groups in total. The molecule has 6 nitrogen and oxygen atoms in total. The Morgan fingerprint density at radius 2 is 2.35 bits per heavy atom. The van der Waals surface area contributed by atoms with Crippen molar-refractivity contribution in [2.75, 3.05) is 11.9 Å². The monoisotopic (exact) mass is 357 g/mol. The van der Waals surface area contributed by atoms with Crippen LogP contribution in [0.25, 0.3) is 0 Å². The molecule has 2 rings (SSSR count). The van der Waals surface area contributed by atoms with E-state index < -0.39 is 4.92 Å². The molecule has 0 aliphatic rings. The van der Waals surface area contributed by atoms with Crippen LogP contribution in [0.3, 0.4) is 0 Å². The van der Waals surface area contributed by atoms with Gasteiger partial charge < -0.3 is 10.1 Å². The summed E-state index contributed by atoms with van der Waals surface area (Å²) in [6, 6.07) is 4.42. The van der Waals surface area contributed by atoms with E-state index in [4.69, 9.17) is 4.74 Å². The van der Waals surface area contributed by atoms with Gasteiger partial charge in [0.05, 0.1) is 20.3 Å². The van der Waals surface area contributed by atoms with Gasteiger partial charge in [-0.15, -0.1) is 0 Å². The Morgan fingerprint density at radius 3 is 3.05 bits per heavy atom. The molecule has 0 bridgehead atoms. The Balaban J connectivity index is 2.05. The molecule has 20 heavy (non-hydrogen) atoms. The predicted molar refractivity (Wildman–Crippen MR) is 81.4 cm³/mol. The summed E-state index contributed by atoms with van der Waals surface area (Å²) in [5, 5.41) is 14.7. The van der Waals surface area contributed by atoms with Crippen molar-refractivity contribution in [1.82, 2.24) is 4.98 Å². The standard InChI is InChI=1S/C12H12BrN3O3S/c1-2-14-12-15-6-9(20-12)7-19-11-5-8(16(17)18)3-4-10(11)13/h3-6H,2,7H2,1H3,(H,14,15). The van der Waals surface area contributed by atoms with Gasteiger partial charge in [0, 0.05) is 18.8 Å². The van der Waals surface area contributed by atoms with Gasteiger partial charge in [0.25, 0.3) is 5.69 Å². The van der Waals surface area contributed by atoms with Crippen LogP contribution in [0.5, 0.6) is 5.75 Å². The van der Waals surface area contributed by atoms with Crippen LogP contribution in [-0.2, 0) is 6.61 Å². The number of rotatable bonds is 6. The van der Waals surface area contributed by atoms with Gasteiger partial charge in [-0.3, -0.25) is 10.1 Å². The molecule has 0 aliphatic heterocycles. The molecule has 1 aromatic heterocycles. The first-order valence-electron chi connectivity index (χ1n) is 5.85. The van der Waals surface area contributed by atoms with Crippen molar-refractivity contribution < 1.29 is 9.66 Å². The van der Waals surface area contributed by atoms with Gasteiger partial charge in [0.2, 0.25) is 0 Å². The van der Waals surface area contributed by atoms with E-state index in [1.807, 2.05) is 6.92 Å². The smallest absolute Gasteiger partial charge is 0.273 e. The molecule has 0 saturated carbocycles. The second-order valence-electron chi connectivity index (χ2n) is 3.82. The van der Waals surface area contributed by atoms with E-state index in [0.717, 1.165) is 16.6 Å². The lowest BCUT2D eigenvalue weighted by atomic mass is 10.3. The molecule has 0 aliphatic carbocycles. The zero-order valence-electron chi connectivity index (χ0n) is 10.6. The first-order chi connectivity index (χ1) is 9.60. The van der Waals surface area contributed by atoms with Gasteiger partial charge in [-0.1, -0.05) is 11.3 Å². The van der Waals surface area contributed by atoms with E-state index in [2.05, 4.69) is 26.2 Å². The zero-order valence-corrected chi connectivity index (χ0v) is 13.0. The normalized spacial score (nSPS) is 10.3. The summed E-state index contributed by atoms with van der Waals surface area (Å²) in [4.78, 5) is 15.4. The van der Waals surface area contributed by atoms with Crippen molar-refractivity contribution >= 4 is 38.1 Å². The number of aromatic nitrogens is 1. The fourth-order valence-corrected chi connectivity index (χ4v) is 2.63. The van der Waals surface area contributed by atoms with Crippen molar-refractivity contribution in [1.29, 1.82) is 0 Å². The Morgan fingerprint density at radius 1 is 1.55 bits per heavy atom. The van der Waals surface area contributed by atoms with Crippen molar-refractivity contribution in [2.45, 2.75) is 13.5 Å². The van der Waals surface area contributed by atoms with Crippen molar-refractivity contribution in [2.24, 2.45) is 0 Å². The van der Waals surface area contributed by atoms with Gasteiger partial charge in [-0.25, -0.2) is 4.98 Å². The average molecular weight is 358 g/mol. The lowest BCUT2D eigenvalue weighted by Crippen LogP contribution is -1.95. The second kappa shape index (κ2) is 6.67. The Kier molecular flexibility index (Phi) is 4.91. The fourth-order valence-electron chi connectivity index (χ4n) is 1.47. The number of anilines is 1. The molecule has 2 aromatic rings. The minimum Gasteiger partial charge on any atom is -0.487 e. The van der Waals surface area contributed by atoms with Gasteiger partial charge in [0.15, 0.2) is 5.13 Å². The highest BCUT2D eigenvalue weighted by atomic mass is 79.9. The Bertz CT molecular complexity index is 618. The number of ether oxygens (including phenoxy) is 1. The molecule has 0 radical (unpaired) electrons. The number of non-ortho nitro benzene ring substituents is 1. The van der Waals surface area contributed by atoms with Crippen molar-refractivity contribution in [3.8, 4) is 5.75 Å². The number of nitrogens with zero attached hydrogens (tertiary/aromatic N) is 2. The van der Waals surface area contributed by atoms with E-state index in [1.54, 1.807) is 12.3 Å². The predicted octanol–water partition coefficient (Wildman–Crippen LogP) is 3.82. The summed E-state index contributed by atoms with van der Waals surface area (Å²) < 4.78 is 6.28. The topological polar surface area (TPSA) is 77.3 Å². The minimum absolute atomic E-state index is 0.000781. The van der Waals surface area contributed by atoms with Gasteiger partial charge in [-0.05, 0) is 28.9 Å². The first kappa shape index (κ1) is 14.7. The summed E-state index contributed by atoms with van der Waals surface area (Å²) in [7, 11) is 0. The maximum atomic E-state index is 10.7. The summed E-state index contributed by atoms with van der Waals surface area (Å²) in [5.74, 6) is 0.442. The van der Waals surface area contributed by atoms with Gasteiger partial charge >= 0.3 is 0 Å². The minimum atomic E-state index is -0.449. The summed E-state index contributed by atoms with van der Waals surface area (Å²) in [6.45, 7) is 3.13. The molecule has 0 atom stereocenters. The Labute approximate surface area is 128 Å². The van der Waals surface area contributed by atoms with Crippen LogP contribution in [0.2, 0.25) is 0 Å². The van der Waals surface area contributed by atoms with Gasteiger partial charge in [0.1, 0.15) is 12.4 Å². The quantitative estimate of drug-likeness (QED) is 0.627. The molecule has 0 spiro atoms. The summed E-state index contributed by atoms with van der Waals surface area (Å²) in [6.07, 6.45) is 1.73. The number of halogens is 1. The number of thiazole rings is 1. The molecule has 0 unspecified atom stereocenters. The second-order valence-corrected chi connectivity index (χ2v) is 5.79. The summed E-state index contributed by atoms with van der Waals surface area (Å²) >= 11 is 4.81. The van der Waals surface area contributed by atoms with Crippen LogP contribution in [0, 0.1) is 10.1 Å². The Hall–Kier alpha value is -1.67. The van der Waals surface area contributed by atoms with E-state index in [9.17, 15) is 10.1 Å². The highest BCUT2D eigenvalue weighted by Gasteiger charge is 2.11. The zero-order chi connectivity index (χ0) is 14.5. The SMILES string of the molecule is CCNc1ncc(COc2cc([N+](=O)[O-])ccc2Br)s1. The number of nitro benzene ring substituents is 1. The van der Waals surface area contributed by atoms with Crippen LogP contribution >= 0.6 is 27.3 Å². The number of benzene rings is 1. The maximum absolute atomic E-state index is 10.7. The van der Waals surface area contributed by atoms with Crippen molar-refractivity contribution in [3.05, 3.63) is 43.9 Å². The van der Waals surface area contributed by atoms with Crippen LogP contribution in [-0.4, -0.2) is 16.5 Å². The lowest BCUT2D eigenvalue weighted by molar-refractivity contribution is -0.385. The lowest BCUT2D eigenvalue weighted by Gasteiger charge is -2.06. The van der Waals surface area contributed by atoms with Crippen molar-refractivity contribution in [3.63, 3.8) is 0 Å². The van der Waals surface area contributed by atoms with E-state index in [0.29, 0.717) is 16.8 Å². The summed E-state index contributed by atoms with van der Waals surface area (Å²) in [5.41, 5.74) is 0.000781. The number of nitrogens with one attached hydrogen (secondary N) is 1. The number of hydrogen-bond donors (Lipinski definition) is 1. The highest BCUT2D eigenvalue weighted by Crippen LogP contribution is 2.30. The fraction of sp³-hybridized carbons (Fsp3) is 0.250. The number of hydrogen-bond acceptors (Lipinski definition) is 6. The third-order valence-corrected chi connectivity index (χ3v) is 3.96. The third kappa shape index (κ3) is 3.67. The van der Waals surface area contributed by atoms with E-state index in [-0.39, 0.29) is 5.69 Å². The molecule has 1 heterocycles. The van der Waals surface area contributed by atoms with E-state index >= 15 is 0 Å². The molecule has 0 fully saturated rings. The van der Waals surface area contributed by atoms with Crippen LogP contribution < -0.4 is 10.1 Å². The highest BCUT2D eigenvalue weighted by molar-refractivity contribution is 9.10. The molecular formula is C12H12BrN3O3S. The van der Waals surface area contributed by atoms with Gasteiger partial charge in [-0.2, -0.15) is 0 Å². The van der Waals surface area contributed by atoms with Crippen LogP contribution in [0.1, 0.15) is 11.8 Å². The van der Waals surface area contributed by atoms with Crippen LogP contribution in [0.4, 0.5) is 10.8 Å². The first-order valence-corrected chi connectivity index (χ1v) is 7.46. The van der Waals surface area contributed by atoms with Crippen LogP contribution in [0.15, 0.2) is 28.9 Å². The molecular weight excluding hydrogens is 346 g/mol. The molecule has 0 saturated heterocycles. The molecule has 1 aromatic carbocycles.